The van der Waals surface area contributed by atoms with Gasteiger partial charge < -0.3 is 19.8 Å². The highest BCUT2D eigenvalue weighted by molar-refractivity contribution is 7.90. The number of benzene rings is 1. The molecular formula is C18H22F2N4O8S2. The van der Waals surface area contributed by atoms with Gasteiger partial charge in [-0.3, -0.25) is 4.55 Å². The second-order valence-corrected chi connectivity index (χ2v) is 10.6. The lowest BCUT2D eigenvalue weighted by atomic mass is 10.1. The van der Waals surface area contributed by atoms with Gasteiger partial charge in [0.05, 0.1) is 18.5 Å². The maximum atomic E-state index is 14.1. The first-order valence-corrected chi connectivity index (χ1v) is 12.9. The third kappa shape index (κ3) is 6.13. The summed E-state index contributed by atoms with van der Waals surface area (Å²) in [6.45, 7) is 0.942. The fraction of sp³-hybridized carbons (Fsp3) is 0.444. The second kappa shape index (κ2) is 10.0. The van der Waals surface area contributed by atoms with E-state index in [-0.39, 0.29) is 24.7 Å². The molecule has 0 amide bonds. The lowest BCUT2D eigenvalue weighted by Crippen LogP contribution is -2.58. The van der Waals surface area contributed by atoms with Gasteiger partial charge in [0.15, 0.2) is 11.6 Å². The Bertz CT molecular complexity index is 1260. The van der Waals surface area contributed by atoms with Gasteiger partial charge in [0, 0.05) is 18.2 Å². The molecule has 12 nitrogen and oxygen atoms in total. The van der Waals surface area contributed by atoms with Crippen molar-refractivity contribution in [3.8, 4) is 5.88 Å². The Kier molecular flexibility index (Phi) is 7.69. The first kappa shape index (κ1) is 26.1. The van der Waals surface area contributed by atoms with Gasteiger partial charge >= 0.3 is 10.3 Å². The van der Waals surface area contributed by atoms with Crippen molar-refractivity contribution in [1.29, 1.82) is 0 Å². The molecule has 1 aromatic heterocycles. The van der Waals surface area contributed by atoms with Gasteiger partial charge in [0.25, 0.3) is 5.16 Å². The average Bonchev–Trinajstić information content (AvgIpc) is 2.73. The molecule has 1 aliphatic rings. The fourth-order valence-corrected chi connectivity index (χ4v) is 4.85. The van der Waals surface area contributed by atoms with Crippen LogP contribution in [-0.2, 0) is 25.9 Å². The minimum atomic E-state index is -4.58. The maximum absolute atomic E-state index is 14.1. The Morgan fingerprint density at radius 1 is 1.26 bits per heavy atom. The number of hydrogen-bond acceptors (Lipinski definition) is 10. The number of halogens is 2. The molecule has 16 heteroatoms. The van der Waals surface area contributed by atoms with Crippen molar-refractivity contribution >= 4 is 26.0 Å². The Morgan fingerprint density at radius 2 is 1.97 bits per heavy atom. The van der Waals surface area contributed by atoms with Crippen LogP contribution in [-0.4, -0.2) is 73.1 Å². The monoisotopic (exact) mass is 524 g/mol. The predicted octanol–water partition coefficient (Wildman–Crippen LogP) is -0.222. The average molecular weight is 525 g/mol. The molecule has 0 radical (unpaired) electrons. The van der Waals surface area contributed by atoms with Gasteiger partial charge in [-0.25, -0.2) is 22.2 Å². The lowest BCUT2D eigenvalue weighted by Gasteiger charge is -2.41. The molecule has 188 valence electrons. The minimum Gasteiger partial charge on any atom is -0.472 e. The molecule has 1 unspecified atom stereocenters. The predicted molar refractivity (Wildman–Crippen MR) is 113 cm³/mol. The van der Waals surface area contributed by atoms with Crippen LogP contribution in [0.15, 0.2) is 29.4 Å². The third-order valence-electron chi connectivity index (χ3n) is 4.96. The molecule has 1 aromatic carbocycles. The highest BCUT2D eigenvalue weighted by atomic mass is 32.2. The standard InChI is InChI=1S/C18H22F2N4O8S2/c1-10(13(26)8-25)32-16-7-15(24-6-5-14(24)23-34(29,30)31)21-18(22-16)33(27,28)9-11-3-2-4-12(19)17(11)20/h2-4,7,10,13-14,23,25-26H,5-6,8-9H2,1H3,(H,29,30,31)/t10-,13+,14?/m1/s1. The maximum Gasteiger partial charge on any atom is 0.335 e. The zero-order chi connectivity index (χ0) is 25.3. The van der Waals surface area contributed by atoms with Crippen LogP contribution in [0.4, 0.5) is 14.6 Å². The first-order valence-electron chi connectivity index (χ1n) is 9.82. The van der Waals surface area contributed by atoms with Gasteiger partial charge in [-0.05, 0) is 19.4 Å². The molecule has 0 spiro atoms. The number of aliphatic hydroxyl groups excluding tert-OH is 2. The summed E-state index contributed by atoms with van der Waals surface area (Å²) in [5.41, 5.74) is -0.463. The van der Waals surface area contributed by atoms with E-state index in [2.05, 4.69) is 9.97 Å². The SMILES string of the molecule is C[C@@H](Oc1cc(N2CCC2NS(=O)(=O)O)nc(S(=O)(=O)Cc2cccc(F)c2F)n1)[C@@H](O)CO. The largest absolute Gasteiger partial charge is 0.472 e. The summed E-state index contributed by atoms with van der Waals surface area (Å²) in [6.07, 6.45) is -3.06. The lowest BCUT2D eigenvalue weighted by molar-refractivity contribution is 0.00595. The van der Waals surface area contributed by atoms with Crippen molar-refractivity contribution in [3.63, 3.8) is 0 Å². The van der Waals surface area contributed by atoms with Crippen LogP contribution in [0.1, 0.15) is 18.9 Å². The van der Waals surface area contributed by atoms with Crippen LogP contribution >= 0.6 is 0 Å². The summed E-state index contributed by atoms with van der Waals surface area (Å²) in [4.78, 5) is 9.04. The van der Waals surface area contributed by atoms with E-state index in [1.54, 1.807) is 0 Å². The first-order chi connectivity index (χ1) is 15.8. The van der Waals surface area contributed by atoms with E-state index in [0.717, 1.165) is 18.2 Å². The van der Waals surface area contributed by atoms with Crippen LogP contribution in [0.3, 0.4) is 0 Å². The van der Waals surface area contributed by atoms with Crippen molar-refractivity contribution in [3.05, 3.63) is 41.5 Å². The summed E-state index contributed by atoms with van der Waals surface area (Å²) in [5, 5.41) is 18.0. The molecule has 0 saturated carbocycles. The molecule has 1 aliphatic heterocycles. The summed E-state index contributed by atoms with van der Waals surface area (Å²) >= 11 is 0. The Balaban J connectivity index is 2.00. The van der Waals surface area contributed by atoms with Crippen LogP contribution in [0, 0.1) is 11.6 Å². The smallest absolute Gasteiger partial charge is 0.335 e. The minimum absolute atomic E-state index is 0.110. The van der Waals surface area contributed by atoms with E-state index >= 15 is 0 Å². The highest BCUT2D eigenvalue weighted by Gasteiger charge is 2.34. The number of rotatable bonds is 10. The van der Waals surface area contributed by atoms with Gasteiger partial charge in [0.2, 0.25) is 15.7 Å². The molecular weight excluding hydrogens is 502 g/mol. The molecule has 1 saturated heterocycles. The van der Waals surface area contributed by atoms with Crippen molar-refractivity contribution in [2.75, 3.05) is 18.1 Å². The van der Waals surface area contributed by atoms with E-state index in [9.17, 15) is 30.7 Å². The van der Waals surface area contributed by atoms with Gasteiger partial charge in [-0.2, -0.15) is 18.1 Å². The van der Waals surface area contributed by atoms with E-state index < -0.39 is 73.2 Å². The van der Waals surface area contributed by atoms with E-state index in [1.807, 2.05) is 4.72 Å². The zero-order valence-corrected chi connectivity index (χ0v) is 19.3. The van der Waals surface area contributed by atoms with E-state index in [4.69, 9.17) is 14.4 Å². The van der Waals surface area contributed by atoms with Crippen molar-refractivity contribution in [2.45, 2.75) is 42.6 Å². The summed E-state index contributed by atoms with van der Waals surface area (Å²) < 4.78 is 92.2. The van der Waals surface area contributed by atoms with Gasteiger partial charge in [-0.1, -0.05) is 12.1 Å². The summed E-state index contributed by atoms with van der Waals surface area (Å²) in [6, 6.07) is 4.21. The molecule has 1 fully saturated rings. The summed E-state index contributed by atoms with van der Waals surface area (Å²) in [7, 11) is -9.04. The van der Waals surface area contributed by atoms with Crippen molar-refractivity contribution in [2.24, 2.45) is 0 Å². The topological polar surface area (TPSA) is 179 Å². The molecule has 3 rings (SSSR count). The van der Waals surface area contributed by atoms with Gasteiger partial charge in [0.1, 0.15) is 18.0 Å². The molecule has 0 aliphatic carbocycles. The molecule has 4 N–H and O–H groups in total. The number of nitrogens with zero attached hydrogens (tertiary/aromatic N) is 3. The van der Waals surface area contributed by atoms with Crippen LogP contribution in [0.2, 0.25) is 0 Å². The number of sulfone groups is 1. The molecule has 3 atom stereocenters. The Hall–Kier alpha value is -2.50. The van der Waals surface area contributed by atoms with E-state index in [0.29, 0.717) is 0 Å². The number of anilines is 1. The van der Waals surface area contributed by atoms with Crippen molar-refractivity contribution in [1.82, 2.24) is 14.7 Å². The molecule has 0 bridgehead atoms. The fourth-order valence-electron chi connectivity index (χ4n) is 3.04. The van der Waals surface area contributed by atoms with E-state index in [1.165, 1.54) is 17.9 Å². The van der Waals surface area contributed by atoms with Crippen LogP contribution < -0.4 is 14.4 Å². The van der Waals surface area contributed by atoms with Crippen LogP contribution in [0.5, 0.6) is 5.88 Å². The normalized spacial score (nSPS) is 18.3. The van der Waals surface area contributed by atoms with Gasteiger partial charge in [-0.15, -0.1) is 0 Å². The van der Waals surface area contributed by atoms with Crippen LogP contribution in [0.25, 0.3) is 0 Å². The second-order valence-electron chi connectivity index (χ2n) is 7.48. The number of ether oxygens (including phenoxy) is 1. The number of aliphatic hydroxyl groups is 2. The Morgan fingerprint density at radius 3 is 2.56 bits per heavy atom. The highest BCUT2D eigenvalue weighted by Crippen LogP contribution is 2.29. The van der Waals surface area contributed by atoms with Crippen molar-refractivity contribution < 1.29 is 45.1 Å². The Labute approximate surface area is 194 Å². The molecule has 34 heavy (non-hydrogen) atoms. The quantitative estimate of drug-likeness (QED) is 0.238. The zero-order valence-electron chi connectivity index (χ0n) is 17.7. The number of aromatic nitrogens is 2. The summed E-state index contributed by atoms with van der Waals surface area (Å²) in [5.74, 6) is -4.03. The molecule has 2 heterocycles. The molecule has 2 aromatic rings. The number of hydrogen-bond donors (Lipinski definition) is 4. The number of nitrogens with one attached hydrogen (secondary N) is 1. The third-order valence-corrected chi connectivity index (χ3v) is 6.96.